The fourth-order valence-corrected chi connectivity index (χ4v) is 3.53. The molecule has 0 aliphatic carbocycles. The number of nitrogens with zero attached hydrogens (tertiary/aromatic N) is 3. The number of alkyl halides is 2. The first-order valence-electron chi connectivity index (χ1n) is 8.93. The third kappa shape index (κ3) is 4.17. The average Bonchev–Trinajstić information content (AvgIpc) is 3.14. The van der Waals surface area contributed by atoms with Crippen LogP contribution >= 0.6 is 23.2 Å². The van der Waals surface area contributed by atoms with Crippen LogP contribution in [0.3, 0.4) is 0 Å². The second-order valence-corrected chi connectivity index (χ2v) is 7.13. The van der Waals surface area contributed by atoms with Gasteiger partial charge in [-0.2, -0.15) is 8.78 Å². The predicted molar refractivity (Wildman–Crippen MR) is 116 cm³/mol. The predicted octanol–water partition coefficient (Wildman–Crippen LogP) is 5.63. The molecule has 0 radical (unpaired) electrons. The highest BCUT2D eigenvalue weighted by Crippen LogP contribution is 2.40. The summed E-state index contributed by atoms with van der Waals surface area (Å²) < 4.78 is 41.0. The minimum atomic E-state index is -3.09. The molecule has 0 fully saturated rings. The Balaban J connectivity index is 1.99. The van der Waals surface area contributed by atoms with Gasteiger partial charge in [-0.3, -0.25) is 9.98 Å². The van der Waals surface area contributed by atoms with E-state index in [9.17, 15) is 13.9 Å². The largest absolute Gasteiger partial charge is 0.858 e. The Morgan fingerprint density at radius 3 is 2.62 bits per heavy atom. The van der Waals surface area contributed by atoms with Gasteiger partial charge in [0.15, 0.2) is 17.7 Å². The summed E-state index contributed by atoms with van der Waals surface area (Å²) in [6, 6.07) is 7.36. The molecule has 4 rings (SSSR count). The van der Waals surface area contributed by atoms with Gasteiger partial charge in [0.05, 0.1) is 22.8 Å². The average molecular weight is 479 g/mol. The molecule has 0 amide bonds. The minimum absolute atomic E-state index is 0.0348. The van der Waals surface area contributed by atoms with Crippen molar-refractivity contribution in [1.29, 1.82) is 0 Å². The summed E-state index contributed by atoms with van der Waals surface area (Å²) in [5.41, 5.74) is 0.874. The lowest BCUT2D eigenvalue weighted by Gasteiger charge is -2.15. The lowest BCUT2D eigenvalue weighted by molar-refractivity contribution is -0.212. The van der Waals surface area contributed by atoms with Crippen molar-refractivity contribution in [1.82, 2.24) is 4.98 Å². The highest BCUT2D eigenvalue weighted by Gasteiger charge is 2.19. The molecule has 164 valence electrons. The van der Waals surface area contributed by atoms with Crippen LogP contribution in [0.25, 0.3) is 21.9 Å². The minimum Gasteiger partial charge on any atom is -0.858 e. The van der Waals surface area contributed by atoms with Crippen LogP contribution in [0.5, 0.6) is 5.75 Å². The van der Waals surface area contributed by atoms with Crippen molar-refractivity contribution >= 4 is 68.8 Å². The number of fused-ring (bicyclic) bond motifs is 3. The topological polar surface area (TPSA) is 92.3 Å². The van der Waals surface area contributed by atoms with Gasteiger partial charge in [0.2, 0.25) is 0 Å². The Morgan fingerprint density at radius 1 is 1.19 bits per heavy atom. The Bertz CT molecular complexity index is 1350. The summed E-state index contributed by atoms with van der Waals surface area (Å²) in [4.78, 5) is 11.9. The van der Waals surface area contributed by atoms with Crippen molar-refractivity contribution < 1.29 is 27.8 Å². The molecule has 0 saturated heterocycles. The number of rotatable bonds is 6. The van der Waals surface area contributed by atoms with Gasteiger partial charge in [0.1, 0.15) is 11.3 Å². The van der Waals surface area contributed by atoms with Gasteiger partial charge < -0.3 is 19.0 Å². The molecule has 0 atom stereocenters. The van der Waals surface area contributed by atoms with Crippen LogP contribution in [0.1, 0.15) is 5.56 Å². The maximum atomic E-state index is 13.1. The quantitative estimate of drug-likeness (QED) is 0.264. The van der Waals surface area contributed by atoms with Gasteiger partial charge in [-0.15, -0.1) is 0 Å². The van der Waals surface area contributed by atoms with E-state index < -0.39 is 12.5 Å². The normalized spacial score (nSPS) is 12.4. The van der Waals surface area contributed by atoms with Crippen molar-refractivity contribution in [2.75, 3.05) is 7.11 Å². The van der Waals surface area contributed by atoms with E-state index in [1.165, 1.54) is 38.0 Å². The molecule has 32 heavy (non-hydrogen) atoms. The number of furan rings is 1. The van der Waals surface area contributed by atoms with Gasteiger partial charge in [-0.1, -0.05) is 23.2 Å². The van der Waals surface area contributed by atoms with E-state index in [0.29, 0.717) is 16.7 Å². The molecule has 7 nitrogen and oxygen atoms in total. The van der Waals surface area contributed by atoms with E-state index in [1.54, 1.807) is 18.2 Å². The third-order valence-electron chi connectivity index (χ3n) is 4.36. The molecule has 0 aliphatic heterocycles. The smallest absolute Gasteiger partial charge is 0.387 e. The summed E-state index contributed by atoms with van der Waals surface area (Å²) >= 11 is 12.1. The van der Waals surface area contributed by atoms with Crippen molar-refractivity contribution in [2.24, 2.45) is 9.98 Å². The Morgan fingerprint density at radius 2 is 1.94 bits per heavy atom. The first kappa shape index (κ1) is 21.8. The van der Waals surface area contributed by atoms with Crippen LogP contribution in [-0.4, -0.2) is 31.0 Å². The SMILES string of the molecule is COC=Nc1ccc2oc3c(OC(F)F)ccc(C([O-])=Nc4c(Cl)cncc4Cl)c3c2c1. The molecule has 0 saturated carbocycles. The number of hydrogen-bond acceptors (Lipinski definition) is 7. The van der Waals surface area contributed by atoms with E-state index in [-0.39, 0.29) is 38.0 Å². The molecule has 0 unspecified atom stereocenters. The van der Waals surface area contributed by atoms with Gasteiger partial charge >= 0.3 is 6.61 Å². The summed E-state index contributed by atoms with van der Waals surface area (Å²) in [5, 5.41) is 13.9. The van der Waals surface area contributed by atoms with E-state index in [4.69, 9.17) is 32.4 Å². The maximum absolute atomic E-state index is 13.1. The number of benzene rings is 2. The van der Waals surface area contributed by atoms with E-state index in [2.05, 4.69) is 19.7 Å². The Kier molecular flexibility index (Phi) is 6.11. The molecule has 4 aromatic rings. The zero-order chi connectivity index (χ0) is 22.8. The van der Waals surface area contributed by atoms with Crippen molar-refractivity contribution in [2.45, 2.75) is 6.61 Å². The molecule has 11 heteroatoms. The fraction of sp³-hybridized carbons (Fsp3) is 0.0952. The van der Waals surface area contributed by atoms with Crippen molar-refractivity contribution in [3.05, 3.63) is 58.3 Å². The number of pyridine rings is 1. The zero-order valence-corrected chi connectivity index (χ0v) is 17.7. The lowest BCUT2D eigenvalue weighted by atomic mass is 10.0. The number of hydrogen-bond donors (Lipinski definition) is 0. The van der Waals surface area contributed by atoms with E-state index in [0.717, 1.165) is 0 Å². The molecule has 0 N–H and O–H groups in total. The fourth-order valence-electron chi connectivity index (χ4n) is 3.08. The third-order valence-corrected chi connectivity index (χ3v) is 4.91. The highest BCUT2D eigenvalue weighted by molar-refractivity contribution is 6.38. The second-order valence-electron chi connectivity index (χ2n) is 6.32. The summed E-state index contributed by atoms with van der Waals surface area (Å²) in [5.74, 6) is -0.952. The van der Waals surface area contributed by atoms with Crippen molar-refractivity contribution in [3.63, 3.8) is 0 Å². The molecule has 2 aromatic heterocycles. The molecule has 0 spiro atoms. The van der Waals surface area contributed by atoms with Gasteiger partial charge in [-0.05, 0) is 41.8 Å². The Hall–Kier alpha value is -3.43. The van der Waals surface area contributed by atoms with Gasteiger partial charge in [0, 0.05) is 23.2 Å². The van der Waals surface area contributed by atoms with Gasteiger partial charge in [0.25, 0.3) is 0 Å². The molecule has 0 aliphatic rings. The summed E-state index contributed by atoms with van der Waals surface area (Å²) in [6.45, 7) is -3.09. The van der Waals surface area contributed by atoms with E-state index in [1.807, 2.05) is 0 Å². The number of aliphatic imine (C=N–C) groups is 2. The number of halogens is 4. The highest BCUT2D eigenvalue weighted by atomic mass is 35.5. The maximum Gasteiger partial charge on any atom is 0.387 e. The van der Waals surface area contributed by atoms with Crippen LogP contribution in [-0.2, 0) is 4.74 Å². The van der Waals surface area contributed by atoms with Gasteiger partial charge in [-0.25, -0.2) is 4.99 Å². The van der Waals surface area contributed by atoms with Crippen LogP contribution in [0.4, 0.5) is 20.2 Å². The second kappa shape index (κ2) is 8.97. The molecular formula is C21H12Cl2F2N3O4-. The first-order valence-corrected chi connectivity index (χ1v) is 9.69. The number of ether oxygens (including phenoxy) is 2. The summed E-state index contributed by atoms with van der Waals surface area (Å²) in [7, 11) is 1.44. The van der Waals surface area contributed by atoms with Crippen LogP contribution in [0.15, 0.2) is 57.1 Å². The molecule has 2 aromatic carbocycles. The number of methoxy groups -OCH3 is 1. The van der Waals surface area contributed by atoms with Crippen LogP contribution in [0.2, 0.25) is 10.0 Å². The van der Waals surface area contributed by atoms with Crippen LogP contribution in [0, 0.1) is 0 Å². The van der Waals surface area contributed by atoms with Crippen molar-refractivity contribution in [3.8, 4) is 5.75 Å². The Labute approximate surface area is 189 Å². The van der Waals surface area contributed by atoms with Crippen LogP contribution < -0.4 is 9.84 Å². The zero-order valence-electron chi connectivity index (χ0n) is 16.2. The first-order chi connectivity index (χ1) is 15.4. The summed E-state index contributed by atoms with van der Waals surface area (Å²) in [6.07, 6.45) is 3.81. The molecule has 2 heterocycles. The van der Waals surface area contributed by atoms with E-state index >= 15 is 0 Å². The molecule has 0 bridgehead atoms. The number of aromatic nitrogens is 1. The standard InChI is InChI=1S/C21H13Cl2F2N3O4/c1-30-9-27-10-2-4-15-12(6-10)17-11(3-5-16(19(17)31-15)32-21(24)25)20(29)28-18-13(22)7-26-8-14(18)23/h2-9,21H,1H3,(H,26,28,29)/p-1. The lowest BCUT2D eigenvalue weighted by Crippen LogP contribution is -2.19. The monoisotopic (exact) mass is 478 g/mol. The molecular weight excluding hydrogens is 467 g/mol.